The zero-order valence-corrected chi connectivity index (χ0v) is 12.1. The molecule has 0 radical (unpaired) electrons. The van der Waals surface area contributed by atoms with Gasteiger partial charge in [0, 0.05) is 24.5 Å². The molecule has 0 amide bonds. The number of hydrogen-bond donors (Lipinski definition) is 1. The number of halogens is 3. The summed E-state index contributed by atoms with van der Waals surface area (Å²) in [5, 5.41) is 0.0243. The van der Waals surface area contributed by atoms with Gasteiger partial charge in [-0.3, -0.25) is 4.79 Å². The van der Waals surface area contributed by atoms with E-state index in [0.29, 0.717) is 5.56 Å². The maximum absolute atomic E-state index is 13.5. The lowest BCUT2D eigenvalue weighted by molar-refractivity contribution is -0.137. The Labute approximate surface area is 120 Å². The summed E-state index contributed by atoms with van der Waals surface area (Å²) in [6.45, 7) is 3.32. The van der Waals surface area contributed by atoms with Gasteiger partial charge in [0.25, 0.3) is 5.56 Å². The fourth-order valence-corrected chi connectivity index (χ4v) is 2.59. The highest BCUT2D eigenvalue weighted by molar-refractivity contribution is 5.85. The summed E-state index contributed by atoms with van der Waals surface area (Å²) in [5.41, 5.74) is 4.72. The van der Waals surface area contributed by atoms with Crippen LogP contribution < -0.4 is 11.3 Å². The van der Waals surface area contributed by atoms with Crippen molar-refractivity contribution in [3.8, 4) is 0 Å². The smallest absolute Gasteiger partial charge is 0.326 e. The van der Waals surface area contributed by atoms with Crippen LogP contribution in [0.1, 0.15) is 36.5 Å². The van der Waals surface area contributed by atoms with E-state index < -0.39 is 23.2 Å². The van der Waals surface area contributed by atoms with Gasteiger partial charge in [0.2, 0.25) is 0 Å². The summed E-state index contributed by atoms with van der Waals surface area (Å²) in [5.74, 6) is -0.522. The fourth-order valence-electron chi connectivity index (χ4n) is 2.59. The highest BCUT2D eigenvalue weighted by Gasteiger charge is 2.38. The number of pyridine rings is 1. The number of aromatic nitrogens is 1. The first-order valence-corrected chi connectivity index (χ1v) is 6.61. The lowest BCUT2D eigenvalue weighted by Crippen LogP contribution is -2.28. The summed E-state index contributed by atoms with van der Waals surface area (Å²) < 4.78 is 41.8. The Bertz CT molecular complexity index is 745. The normalized spacial score (nSPS) is 12.4. The molecule has 0 spiro atoms. The Morgan fingerprint density at radius 1 is 1.29 bits per heavy atom. The Morgan fingerprint density at radius 2 is 1.90 bits per heavy atom. The minimum atomic E-state index is -4.58. The summed E-state index contributed by atoms with van der Waals surface area (Å²) >= 11 is 0. The monoisotopic (exact) mass is 298 g/mol. The van der Waals surface area contributed by atoms with Gasteiger partial charge in [-0.05, 0) is 23.6 Å². The number of benzene rings is 1. The van der Waals surface area contributed by atoms with Crippen LogP contribution in [0.3, 0.4) is 0 Å². The number of rotatable bonds is 2. The van der Waals surface area contributed by atoms with Crippen LogP contribution in [0.2, 0.25) is 0 Å². The van der Waals surface area contributed by atoms with Crippen LogP contribution >= 0.6 is 0 Å². The SMILES string of the molecule is CC(C)c1c(C(F)(F)F)c2cc(CN)ccc2n(C)c1=O. The molecule has 2 N–H and O–H groups in total. The van der Waals surface area contributed by atoms with Gasteiger partial charge in [0.05, 0.1) is 11.1 Å². The Balaban J connectivity index is 3.08. The zero-order chi connectivity index (χ0) is 15.9. The van der Waals surface area contributed by atoms with Crippen LogP contribution in [0.4, 0.5) is 13.2 Å². The van der Waals surface area contributed by atoms with Crippen LogP contribution in [-0.4, -0.2) is 4.57 Å². The molecule has 0 aliphatic carbocycles. The van der Waals surface area contributed by atoms with E-state index in [9.17, 15) is 18.0 Å². The van der Waals surface area contributed by atoms with E-state index in [4.69, 9.17) is 5.73 Å². The first-order valence-electron chi connectivity index (χ1n) is 6.61. The van der Waals surface area contributed by atoms with Crippen molar-refractivity contribution in [2.75, 3.05) is 0 Å². The van der Waals surface area contributed by atoms with E-state index in [1.54, 1.807) is 19.9 Å². The van der Waals surface area contributed by atoms with E-state index in [2.05, 4.69) is 0 Å². The second kappa shape index (κ2) is 5.18. The third-order valence-electron chi connectivity index (χ3n) is 3.59. The van der Waals surface area contributed by atoms with Crippen molar-refractivity contribution in [2.45, 2.75) is 32.5 Å². The molecule has 0 aliphatic heterocycles. The average Bonchev–Trinajstić information content (AvgIpc) is 2.40. The molecule has 0 aliphatic rings. The highest BCUT2D eigenvalue weighted by atomic mass is 19.4. The number of aryl methyl sites for hydroxylation is 1. The Hall–Kier alpha value is -1.82. The standard InChI is InChI=1S/C15H17F3N2O/c1-8(2)12-13(15(16,17)18)10-6-9(7-19)4-5-11(10)20(3)14(12)21/h4-6,8H,7,19H2,1-3H3. The third-order valence-corrected chi connectivity index (χ3v) is 3.59. The number of nitrogens with two attached hydrogens (primary N) is 1. The van der Waals surface area contributed by atoms with Crippen molar-refractivity contribution in [1.82, 2.24) is 4.57 Å². The molecular weight excluding hydrogens is 281 g/mol. The van der Waals surface area contributed by atoms with Gasteiger partial charge >= 0.3 is 6.18 Å². The minimum Gasteiger partial charge on any atom is -0.326 e. The summed E-state index contributed by atoms with van der Waals surface area (Å²) in [6.07, 6.45) is -4.58. The number of nitrogens with zero attached hydrogens (tertiary/aromatic N) is 1. The zero-order valence-electron chi connectivity index (χ0n) is 12.1. The van der Waals surface area contributed by atoms with Crippen LogP contribution in [0.5, 0.6) is 0 Å². The van der Waals surface area contributed by atoms with Gasteiger partial charge in [-0.15, -0.1) is 0 Å². The van der Waals surface area contributed by atoms with Gasteiger partial charge in [0.15, 0.2) is 0 Å². The fraction of sp³-hybridized carbons (Fsp3) is 0.400. The Kier molecular flexibility index (Phi) is 3.84. The van der Waals surface area contributed by atoms with Crippen molar-refractivity contribution < 1.29 is 13.2 Å². The van der Waals surface area contributed by atoms with Gasteiger partial charge in [-0.1, -0.05) is 19.9 Å². The van der Waals surface area contributed by atoms with E-state index in [1.807, 2.05) is 0 Å². The molecule has 0 atom stereocenters. The van der Waals surface area contributed by atoms with Crippen molar-refractivity contribution in [3.05, 3.63) is 45.2 Å². The molecule has 0 unspecified atom stereocenters. The first-order chi connectivity index (χ1) is 9.68. The third kappa shape index (κ3) is 2.55. The summed E-state index contributed by atoms with van der Waals surface area (Å²) in [6, 6.07) is 4.57. The quantitative estimate of drug-likeness (QED) is 0.926. The molecule has 21 heavy (non-hydrogen) atoms. The van der Waals surface area contributed by atoms with Gasteiger partial charge < -0.3 is 10.3 Å². The van der Waals surface area contributed by atoms with Crippen LogP contribution in [0.15, 0.2) is 23.0 Å². The predicted octanol–water partition coefficient (Wildman–Crippen LogP) is 3.14. The minimum absolute atomic E-state index is 0.0243. The lowest BCUT2D eigenvalue weighted by atomic mass is 9.94. The molecule has 0 bridgehead atoms. The molecule has 2 aromatic rings. The summed E-state index contributed by atoms with van der Waals surface area (Å²) in [7, 11) is 1.48. The summed E-state index contributed by atoms with van der Waals surface area (Å²) in [4.78, 5) is 12.3. The highest BCUT2D eigenvalue weighted by Crippen LogP contribution is 2.38. The molecule has 3 nitrogen and oxygen atoms in total. The maximum Gasteiger partial charge on any atom is 0.417 e. The molecule has 114 valence electrons. The second-order valence-electron chi connectivity index (χ2n) is 5.36. The predicted molar refractivity (Wildman–Crippen MR) is 76.2 cm³/mol. The Morgan fingerprint density at radius 3 is 2.38 bits per heavy atom. The molecule has 6 heteroatoms. The number of hydrogen-bond acceptors (Lipinski definition) is 2. The molecule has 0 saturated heterocycles. The molecule has 1 aromatic heterocycles. The van der Waals surface area contributed by atoms with E-state index in [1.165, 1.54) is 23.7 Å². The van der Waals surface area contributed by atoms with Crippen molar-refractivity contribution in [3.63, 3.8) is 0 Å². The topological polar surface area (TPSA) is 48.0 Å². The van der Waals surface area contributed by atoms with E-state index in [-0.39, 0.29) is 23.0 Å². The molecule has 1 heterocycles. The largest absolute Gasteiger partial charge is 0.417 e. The number of alkyl halides is 3. The van der Waals surface area contributed by atoms with Crippen LogP contribution in [0, 0.1) is 0 Å². The first kappa shape index (κ1) is 15.6. The maximum atomic E-state index is 13.5. The molecule has 2 rings (SSSR count). The van der Waals surface area contributed by atoms with Crippen molar-refractivity contribution in [1.29, 1.82) is 0 Å². The molecule has 1 aromatic carbocycles. The van der Waals surface area contributed by atoms with Crippen LogP contribution in [-0.2, 0) is 19.8 Å². The van der Waals surface area contributed by atoms with Gasteiger partial charge in [-0.25, -0.2) is 0 Å². The molecule has 0 fully saturated rings. The average molecular weight is 298 g/mol. The molecule has 0 saturated carbocycles. The van der Waals surface area contributed by atoms with E-state index in [0.717, 1.165) is 0 Å². The lowest BCUT2D eigenvalue weighted by Gasteiger charge is -2.20. The van der Waals surface area contributed by atoms with Crippen molar-refractivity contribution in [2.24, 2.45) is 12.8 Å². The van der Waals surface area contributed by atoms with Gasteiger partial charge in [0.1, 0.15) is 0 Å². The van der Waals surface area contributed by atoms with Gasteiger partial charge in [-0.2, -0.15) is 13.2 Å². The number of fused-ring (bicyclic) bond motifs is 1. The molecular formula is C15H17F3N2O. The van der Waals surface area contributed by atoms with Crippen LogP contribution in [0.25, 0.3) is 10.9 Å². The van der Waals surface area contributed by atoms with E-state index >= 15 is 0 Å². The second-order valence-corrected chi connectivity index (χ2v) is 5.36. The van der Waals surface area contributed by atoms with Crippen molar-refractivity contribution >= 4 is 10.9 Å².